The van der Waals surface area contributed by atoms with Crippen LogP contribution in [0.1, 0.15) is 11.3 Å². The first-order valence-electron chi connectivity index (χ1n) is 8.92. The van der Waals surface area contributed by atoms with E-state index in [1.807, 2.05) is 19.1 Å². The van der Waals surface area contributed by atoms with Gasteiger partial charge in [-0.2, -0.15) is 5.10 Å². The predicted octanol–water partition coefficient (Wildman–Crippen LogP) is 5.06. The molecule has 0 saturated carbocycles. The van der Waals surface area contributed by atoms with Gasteiger partial charge < -0.3 is 5.32 Å². The monoisotopic (exact) mass is 425 g/mol. The number of aryl methyl sites for hydroxylation is 2. The second kappa shape index (κ2) is 7.81. The summed E-state index contributed by atoms with van der Waals surface area (Å²) >= 11 is 11.9. The Hall–Kier alpha value is -2.96. The highest BCUT2D eigenvalue weighted by Gasteiger charge is 2.17. The molecule has 8 heteroatoms. The Morgan fingerprint density at radius 1 is 1.14 bits per heavy atom. The molecule has 0 spiro atoms. The predicted molar refractivity (Wildman–Crippen MR) is 115 cm³/mol. The van der Waals surface area contributed by atoms with Crippen molar-refractivity contribution in [2.24, 2.45) is 0 Å². The first-order chi connectivity index (χ1) is 13.9. The zero-order valence-electron chi connectivity index (χ0n) is 15.8. The Bertz CT molecular complexity index is 1240. The molecule has 4 aromatic rings. The molecule has 1 amide bonds. The molecule has 0 bridgehead atoms. The number of benzene rings is 1. The molecule has 0 fully saturated rings. The van der Waals surface area contributed by atoms with Crippen LogP contribution in [-0.4, -0.2) is 25.7 Å². The molecule has 6 nitrogen and oxygen atoms in total. The highest BCUT2D eigenvalue weighted by Crippen LogP contribution is 2.30. The summed E-state index contributed by atoms with van der Waals surface area (Å²) in [5, 5.41) is 8.81. The fraction of sp³-hybridized carbons (Fsp3) is 0.143. The van der Waals surface area contributed by atoms with E-state index in [-0.39, 0.29) is 23.3 Å². The van der Waals surface area contributed by atoms with Crippen molar-refractivity contribution < 1.29 is 4.79 Å². The van der Waals surface area contributed by atoms with Crippen molar-refractivity contribution in [3.63, 3.8) is 0 Å². The number of nitrogens with zero attached hydrogens (tertiary/aromatic N) is 4. The second-order valence-electron chi connectivity index (χ2n) is 6.70. The van der Waals surface area contributed by atoms with Crippen molar-refractivity contribution >= 4 is 46.0 Å². The maximum absolute atomic E-state index is 12.5. The Morgan fingerprint density at radius 2 is 1.97 bits per heavy atom. The van der Waals surface area contributed by atoms with E-state index in [4.69, 9.17) is 23.2 Å². The van der Waals surface area contributed by atoms with E-state index in [2.05, 4.69) is 45.5 Å². The topological polar surface area (TPSA) is 72.7 Å². The third-order valence-electron chi connectivity index (χ3n) is 4.50. The molecule has 0 aliphatic rings. The third kappa shape index (κ3) is 3.95. The van der Waals surface area contributed by atoms with Crippen LogP contribution in [0.2, 0.25) is 10.0 Å². The number of pyridine rings is 2. The van der Waals surface area contributed by atoms with Gasteiger partial charge in [0.1, 0.15) is 6.54 Å². The lowest BCUT2D eigenvalue weighted by molar-refractivity contribution is -0.116. The number of aromatic nitrogens is 4. The summed E-state index contributed by atoms with van der Waals surface area (Å²) < 4.78 is 1.59. The number of carbonyl (C=O) groups is 1. The highest BCUT2D eigenvalue weighted by atomic mass is 35.5. The van der Waals surface area contributed by atoms with Gasteiger partial charge in [-0.05, 0) is 37.1 Å². The van der Waals surface area contributed by atoms with Gasteiger partial charge >= 0.3 is 0 Å². The lowest BCUT2D eigenvalue weighted by atomic mass is 10.0. The van der Waals surface area contributed by atoms with Gasteiger partial charge in [0.2, 0.25) is 5.91 Å². The van der Waals surface area contributed by atoms with Gasteiger partial charge in [-0.3, -0.25) is 4.79 Å². The Kier molecular flexibility index (Phi) is 5.22. The summed E-state index contributed by atoms with van der Waals surface area (Å²) in [7, 11) is 0. The molecule has 0 aliphatic carbocycles. The van der Waals surface area contributed by atoms with Gasteiger partial charge in [-0.1, -0.05) is 53.0 Å². The number of halogens is 2. The van der Waals surface area contributed by atoms with Crippen molar-refractivity contribution in [1.82, 2.24) is 19.7 Å². The lowest BCUT2D eigenvalue weighted by Gasteiger charge is -2.08. The molecule has 146 valence electrons. The minimum atomic E-state index is -0.311. The molecular weight excluding hydrogens is 409 g/mol. The smallest absolute Gasteiger partial charge is 0.247 e. The molecule has 29 heavy (non-hydrogen) atoms. The fourth-order valence-electron chi connectivity index (χ4n) is 3.26. The van der Waals surface area contributed by atoms with Crippen LogP contribution in [0, 0.1) is 13.8 Å². The zero-order chi connectivity index (χ0) is 20.5. The van der Waals surface area contributed by atoms with Crippen molar-refractivity contribution in [1.29, 1.82) is 0 Å². The third-order valence-corrected chi connectivity index (χ3v) is 4.99. The zero-order valence-corrected chi connectivity index (χ0v) is 17.3. The SMILES string of the molecule is Cc1cccc(-c2ccnc3c2c(C)nn3CC(=O)Nc2ncc(Cl)cc2Cl)c1. The number of hydrogen-bond acceptors (Lipinski definition) is 4. The van der Waals surface area contributed by atoms with Crippen LogP contribution < -0.4 is 5.32 Å². The van der Waals surface area contributed by atoms with Crippen LogP contribution in [0.3, 0.4) is 0 Å². The van der Waals surface area contributed by atoms with E-state index in [0.717, 1.165) is 22.2 Å². The number of amides is 1. The molecule has 0 atom stereocenters. The molecule has 0 radical (unpaired) electrons. The molecule has 3 heterocycles. The first-order valence-corrected chi connectivity index (χ1v) is 9.68. The first kappa shape index (κ1) is 19.4. The van der Waals surface area contributed by atoms with E-state index < -0.39 is 0 Å². The van der Waals surface area contributed by atoms with E-state index >= 15 is 0 Å². The molecule has 1 aromatic carbocycles. The number of hydrogen-bond donors (Lipinski definition) is 1. The molecule has 3 aromatic heterocycles. The van der Waals surface area contributed by atoms with E-state index in [9.17, 15) is 4.79 Å². The number of fused-ring (bicyclic) bond motifs is 1. The van der Waals surface area contributed by atoms with E-state index in [1.165, 1.54) is 17.8 Å². The number of rotatable bonds is 4. The van der Waals surface area contributed by atoms with Crippen molar-refractivity contribution in [3.05, 3.63) is 70.1 Å². The number of carbonyl (C=O) groups excluding carboxylic acids is 1. The lowest BCUT2D eigenvalue weighted by Crippen LogP contribution is -2.20. The van der Waals surface area contributed by atoms with Crippen molar-refractivity contribution in [2.75, 3.05) is 5.32 Å². The summed E-state index contributed by atoms with van der Waals surface area (Å²) in [5.41, 5.74) is 4.74. The molecule has 0 aliphatic heterocycles. The second-order valence-corrected chi connectivity index (χ2v) is 7.55. The minimum Gasteiger partial charge on any atom is -0.308 e. The standard InChI is InChI=1S/C21H17Cl2N5O/c1-12-4-3-5-14(8-12)16-6-7-24-21-19(16)13(2)27-28(21)11-18(29)26-20-17(23)9-15(22)10-25-20/h3-10H,11H2,1-2H3,(H,25,26,29). The summed E-state index contributed by atoms with van der Waals surface area (Å²) in [4.78, 5) is 21.0. The van der Waals surface area contributed by atoms with Gasteiger partial charge in [-0.25, -0.2) is 14.6 Å². The maximum atomic E-state index is 12.5. The van der Waals surface area contributed by atoms with Crippen LogP contribution in [-0.2, 0) is 11.3 Å². The largest absolute Gasteiger partial charge is 0.308 e. The van der Waals surface area contributed by atoms with Crippen molar-refractivity contribution in [2.45, 2.75) is 20.4 Å². The Morgan fingerprint density at radius 3 is 2.72 bits per heavy atom. The van der Waals surface area contributed by atoms with Gasteiger partial charge in [-0.15, -0.1) is 0 Å². The molecule has 0 saturated heterocycles. The molecule has 1 N–H and O–H groups in total. The number of nitrogens with one attached hydrogen (secondary N) is 1. The average molecular weight is 426 g/mol. The van der Waals surface area contributed by atoms with Gasteiger partial charge in [0.05, 0.1) is 15.7 Å². The molecular formula is C21H17Cl2N5O. The quantitative estimate of drug-likeness (QED) is 0.495. The summed E-state index contributed by atoms with van der Waals surface area (Å²) in [6, 6.07) is 11.7. The summed E-state index contributed by atoms with van der Waals surface area (Å²) in [5.74, 6) is -0.0588. The van der Waals surface area contributed by atoms with E-state index in [1.54, 1.807) is 10.9 Å². The van der Waals surface area contributed by atoms with Gasteiger partial charge in [0.15, 0.2) is 11.5 Å². The number of anilines is 1. The normalized spacial score (nSPS) is 11.0. The average Bonchev–Trinajstić information content (AvgIpc) is 3.00. The molecule has 0 unspecified atom stereocenters. The fourth-order valence-corrected chi connectivity index (χ4v) is 3.69. The Labute approximate surface area is 177 Å². The van der Waals surface area contributed by atoms with Crippen LogP contribution in [0.5, 0.6) is 0 Å². The van der Waals surface area contributed by atoms with Crippen LogP contribution in [0.25, 0.3) is 22.2 Å². The van der Waals surface area contributed by atoms with Gasteiger partial charge in [0, 0.05) is 17.8 Å². The van der Waals surface area contributed by atoms with E-state index in [0.29, 0.717) is 10.7 Å². The molecule has 4 rings (SSSR count). The van der Waals surface area contributed by atoms with Crippen LogP contribution in [0.15, 0.2) is 48.8 Å². The minimum absolute atomic E-state index is 0.0186. The maximum Gasteiger partial charge on any atom is 0.247 e. The Balaban J connectivity index is 1.67. The highest BCUT2D eigenvalue weighted by molar-refractivity contribution is 6.36. The summed E-state index contributed by atoms with van der Waals surface area (Å²) in [6.45, 7) is 3.95. The van der Waals surface area contributed by atoms with Crippen LogP contribution >= 0.6 is 23.2 Å². The van der Waals surface area contributed by atoms with Crippen molar-refractivity contribution in [3.8, 4) is 11.1 Å². The van der Waals surface area contributed by atoms with Crippen LogP contribution in [0.4, 0.5) is 5.82 Å². The van der Waals surface area contributed by atoms with Gasteiger partial charge in [0.25, 0.3) is 0 Å². The summed E-state index contributed by atoms with van der Waals surface area (Å²) in [6.07, 6.45) is 3.15.